The molecule has 1 aromatic heterocycles. The van der Waals surface area contributed by atoms with Crippen molar-refractivity contribution in [1.29, 1.82) is 0 Å². The van der Waals surface area contributed by atoms with Gasteiger partial charge in [0.05, 0.1) is 11.4 Å². The van der Waals surface area contributed by atoms with Crippen molar-refractivity contribution in [2.75, 3.05) is 5.32 Å². The number of nitrogens with one attached hydrogen (secondary N) is 1. The van der Waals surface area contributed by atoms with E-state index in [0.29, 0.717) is 6.42 Å². The monoisotopic (exact) mass is 299 g/mol. The summed E-state index contributed by atoms with van der Waals surface area (Å²) >= 11 is 0. The van der Waals surface area contributed by atoms with Crippen LogP contribution >= 0.6 is 0 Å². The van der Waals surface area contributed by atoms with Gasteiger partial charge in [0.15, 0.2) is 0 Å². The molecule has 1 aromatic carbocycles. The van der Waals surface area contributed by atoms with Crippen molar-refractivity contribution in [3.63, 3.8) is 0 Å². The summed E-state index contributed by atoms with van der Waals surface area (Å²) in [4.78, 5) is 0. The zero-order valence-corrected chi connectivity index (χ0v) is 11.5. The molecule has 0 fully saturated rings. The number of anilines is 1. The molecule has 0 radical (unpaired) electrons. The Morgan fingerprint density at radius 2 is 2.05 bits per heavy atom. The standard InChI is InChI=1S/C13H16F3N5/c1-10(5-4-8-13(14,15)16)18-11-6-2-3-7-12(11)21-9-17-19-20-21/h2-3,6-7,9-10,18H,4-5,8H2,1H3. The minimum Gasteiger partial charge on any atom is -0.381 e. The van der Waals surface area contributed by atoms with Gasteiger partial charge in [-0.25, -0.2) is 0 Å². The van der Waals surface area contributed by atoms with Crippen LogP contribution in [0, 0.1) is 0 Å². The van der Waals surface area contributed by atoms with Gasteiger partial charge in [-0.2, -0.15) is 17.9 Å². The molecule has 0 amide bonds. The molecule has 0 aliphatic rings. The Balaban J connectivity index is 1.97. The van der Waals surface area contributed by atoms with Gasteiger partial charge < -0.3 is 5.32 Å². The first-order valence-electron chi connectivity index (χ1n) is 6.61. The van der Waals surface area contributed by atoms with E-state index in [1.807, 2.05) is 31.2 Å². The summed E-state index contributed by atoms with van der Waals surface area (Å²) in [5, 5.41) is 14.2. The molecule has 5 nitrogen and oxygen atoms in total. The number of halogens is 3. The molecule has 0 aliphatic carbocycles. The average Bonchev–Trinajstić information content (AvgIpc) is 2.91. The lowest BCUT2D eigenvalue weighted by Crippen LogP contribution is -2.18. The highest BCUT2D eigenvalue weighted by atomic mass is 19.4. The third kappa shape index (κ3) is 4.73. The lowest BCUT2D eigenvalue weighted by atomic mass is 10.1. The van der Waals surface area contributed by atoms with Crippen LogP contribution in [0.4, 0.5) is 18.9 Å². The van der Waals surface area contributed by atoms with E-state index < -0.39 is 12.6 Å². The molecule has 114 valence electrons. The third-order valence-corrected chi connectivity index (χ3v) is 3.00. The molecule has 21 heavy (non-hydrogen) atoms. The molecule has 0 spiro atoms. The van der Waals surface area contributed by atoms with E-state index in [4.69, 9.17) is 0 Å². The number of nitrogens with zero attached hydrogens (tertiary/aromatic N) is 4. The van der Waals surface area contributed by atoms with Crippen molar-refractivity contribution in [1.82, 2.24) is 20.2 Å². The summed E-state index contributed by atoms with van der Waals surface area (Å²) in [5.41, 5.74) is 1.54. The van der Waals surface area contributed by atoms with E-state index in [2.05, 4.69) is 20.8 Å². The lowest BCUT2D eigenvalue weighted by Gasteiger charge is -2.18. The molecule has 1 unspecified atom stereocenters. The van der Waals surface area contributed by atoms with E-state index in [0.717, 1.165) is 11.4 Å². The van der Waals surface area contributed by atoms with Gasteiger partial charge in [0.2, 0.25) is 0 Å². The number of benzene rings is 1. The Morgan fingerprint density at radius 3 is 2.71 bits per heavy atom. The van der Waals surface area contributed by atoms with Gasteiger partial charge in [0, 0.05) is 12.5 Å². The first-order chi connectivity index (χ1) is 9.96. The normalized spacial score (nSPS) is 13.1. The van der Waals surface area contributed by atoms with Crippen LogP contribution in [-0.4, -0.2) is 32.4 Å². The number of para-hydroxylation sites is 2. The second-order valence-corrected chi connectivity index (χ2v) is 4.82. The summed E-state index contributed by atoms with van der Waals surface area (Å²) in [6, 6.07) is 7.29. The second-order valence-electron chi connectivity index (χ2n) is 4.82. The Morgan fingerprint density at radius 1 is 1.29 bits per heavy atom. The molecular weight excluding hydrogens is 283 g/mol. The first-order valence-corrected chi connectivity index (χ1v) is 6.61. The maximum Gasteiger partial charge on any atom is 0.389 e. The van der Waals surface area contributed by atoms with Crippen LogP contribution in [0.2, 0.25) is 0 Å². The molecule has 2 aromatic rings. The van der Waals surface area contributed by atoms with Crippen molar-refractivity contribution in [3.8, 4) is 5.69 Å². The van der Waals surface area contributed by atoms with E-state index >= 15 is 0 Å². The maximum absolute atomic E-state index is 12.1. The topological polar surface area (TPSA) is 55.6 Å². The predicted molar refractivity (Wildman–Crippen MR) is 72.1 cm³/mol. The lowest BCUT2D eigenvalue weighted by molar-refractivity contribution is -0.135. The quantitative estimate of drug-likeness (QED) is 0.890. The fourth-order valence-corrected chi connectivity index (χ4v) is 2.01. The van der Waals surface area contributed by atoms with Crippen LogP contribution in [0.1, 0.15) is 26.2 Å². The van der Waals surface area contributed by atoms with Crippen LogP contribution in [0.5, 0.6) is 0 Å². The van der Waals surface area contributed by atoms with Crippen molar-refractivity contribution >= 4 is 5.69 Å². The smallest absolute Gasteiger partial charge is 0.381 e. The number of tetrazole rings is 1. The Hall–Kier alpha value is -2.12. The molecule has 1 N–H and O–H groups in total. The average molecular weight is 299 g/mol. The van der Waals surface area contributed by atoms with E-state index in [-0.39, 0.29) is 12.5 Å². The van der Waals surface area contributed by atoms with Crippen molar-refractivity contribution in [2.24, 2.45) is 0 Å². The highest BCUT2D eigenvalue weighted by Crippen LogP contribution is 2.24. The maximum atomic E-state index is 12.1. The molecule has 0 saturated carbocycles. The fraction of sp³-hybridized carbons (Fsp3) is 0.462. The van der Waals surface area contributed by atoms with E-state index in [1.54, 1.807) is 0 Å². The van der Waals surface area contributed by atoms with Gasteiger partial charge in [0.25, 0.3) is 0 Å². The van der Waals surface area contributed by atoms with Crippen molar-refractivity contribution < 1.29 is 13.2 Å². The molecular formula is C13H16F3N5. The van der Waals surface area contributed by atoms with E-state index in [9.17, 15) is 13.2 Å². The van der Waals surface area contributed by atoms with Crippen molar-refractivity contribution in [3.05, 3.63) is 30.6 Å². The first kappa shape index (κ1) is 15.3. The summed E-state index contributed by atoms with van der Waals surface area (Å²) in [6.45, 7) is 1.85. The van der Waals surface area contributed by atoms with Crippen LogP contribution in [-0.2, 0) is 0 Å². The third-order valence-electron chi connectivity index (χ3n) is 3.00. The Labute approximate surface area is 120 Å². The molecule has 0 bridgehead atoms. The molecule has 1 heterocycles. The van der Waals surface area contributed by atoms with Crippen LogP contribution in [0.3, 0.4) is 0 Å². The predicted octanol–water partition coefficient (Wildman–Crippen LogP) is 3.20. The highest BCUT2D eigenvalue weighted by Gasteiger charge is 2.26. The molecule has 0 aliphatic heterocycles. The molecule has 0 saturated heterocycles. The van der Waals surface area contributed by atoms with Gasteiger partial charge in [-0.3, -0.25) is 0 Å². The summed E-state index contributed by atoms with van der Waals surface area (Å²) < 4.78 is 37.9. The second kappa shape index (κ2) is 6.55. The largest absolute Gasteiger partial charge is 0.389 e. The van der Waals surface area contributed by atoms with Gasteiger partial charge in [-0.1, -0.05) is 12.1 Å². The number of alkyl halides is 3. The highest BCUT2D eigenvalue weighted by molar-refractivity contribution is 5.60. The van der Waals surface area contributed by atoms with Crippen molar-refractivity contribution in [2.45, 2.75) is 38.4 Å². The molecule has 2 rings (SSSR count). The number of hydrogen-bond donors (Lipinski definition) is 1. The summed E-state index contributed by atoms with van der Waals surface area (Å²) in [7, 11) is 0. The summed E-state index contributed by atoms with van der Waals surface area (Å²) in [5.74, 6) is 0. The van der Waals surface area contributed by atoms with Crippen LogP contribution < -0.4 is 5.32 Å². The van der Waals surface area contributed by atoms with Gasteiger partial charge in [0.1, 0.15) is 6.33 Å². The number of aromatic nitrogens is 4. The summed E-state index contributed by atoms with van der Waals surface area (Å²) in [6.07, 6.45) is -2.85. The fourth-order valence-electron chi connectivity index (χ4n) is 2.01. The van der Waals surface area contributed by atoms with Crippen LogP contribution in [0.15, 0.2) is 30.6 Å². The zero-order chi connectivity index (χ0) is 15.3. The Kier molecular flexibility index (Phi) is 4.77. The molecule has 8 heteroatoms. The zero-order valence-electron chi connectivity index (χ0n) is 11.5. The van der Waals surface area contributed by atoms with E-state index in [1.165, 1.54) is 11.0 Å². The minimum absolute atomic E-state index is 0.0787. The number of rotatable bonds is 6. The molecule has 1 atom stereocenters. The van der Waals surface area contributed by atoms with Gasteiger partial charge in [-0.05, 0) is 42.3 Å². The van der Waals surface area contributed by atoms with Gasteiger partial charge >= 0.3 is 6.18 Å². The van der Waals surface area contributed by atoms with Gasteiger partial charge in [-0.15, -0.1) is 5.10 Å². The van der Waals surface area contributed by atoms with Crippen LogP contribution in [0.25, 0.3) is 5.69 Å². The SMILES string of the molecule is CC(CCCC(F)(F)F)Nc1ccccc1-n1cnnn1. The number of hydrogen-bond acceptors (Lipinski definition) is 4. The minimum atomic E-state index is -4.09. The Bertz CT molecular complexity index is 553.